The van der Waals surface area contributed by atoms with Gasteiger partial charge in [0.05, 0.1) is 35.6 Å². The zero-order chi connectivity index (χ0) is 38.1. The van der Waals surface area contributed by atoms with Gasteiger partial charge in [-0.25, -0.2) is 9.97 Å². The Balaban J connectivity index is 1.47. The predicted molar refractivity (Wildman–Crippen MR) is 201 cm³/mol. The minimum atomic E-state index is -0.545. The number of nitrogens with one attached hydrogen (secondary N) is 5. The summed E-state index contributed by atoms with van der Waals surface area (Å²) < 4.78 is 0. The lowest BCUT2D eigenvalue weighted by atomic mass is 9.93. The van der Waals surface area contributed by atoms with Crippen molar-refractivity contribution in [3.05, 3.63) is 22.5 Å². The molecule has 0 aromatic carbocycles. The third kappa shape index (κ3) is 11.1. The largest absolute Gasteiger partial charge is 0.368 e. The van der Waals surface area contributed by atoms with Gasteiger partial charge in [-0.1, -0.05) is 19.8 Å². The fraction of sp³-hybridized carbons (Fsp3) is 0.667. The lowest BCUT2D eigenvalue weighted by Gasteiger charge is -2.35. The molecule has 4 amide bonds. The standard InChI is InChI=1S/C36H58N12O4/c1-8-9-14-35(6,21-39-23(2)49)46-32-28-19-47(25(4)51)18-13-29(28)42-34(44-32)38-16-11-10-15-36(7,22-40-24(3)50)45-31-27-12-17-48(26(5)52)20-30(27)41-33(37)43-31/h8-22H2,1-7H3,(H,39,49)(H,40,50)(H3,37,41,43,45)(H2,38,42,44,46). The highest BCUT2D eigenvalue weighted by molar-refractivity contribution is 5.75. The number of carbonyl (C=O) groups is 4. The van der Waals surface area contributed by atoms with Crippen LogP contribution in [-0.2, 0) is 45.1 Å². The van der Waals surface area contributed by atoms with Crippen LogP contribution in [0.15, 0.2) is 0 Å². The van der Waals surface area contributed by atoms with Crippen LogP contribution in [0.1, 0.15) is 110 Å². The van der Waals surface area contributed by atoms with Crippen molar-refractivity contribution < 1.29 is 19.2 Å². The van der Waals surface area contributed by atoms with Crippen LogP contribution < -0.4 is 32.3 Å². The zero-order valence-corrected chi connectivity index (χ0v) is 32.0. The highest BCUT2D eigenvalue weighted by atomic mass is 16.2. The molecule has 2 unspecified atom stereocenters. The Hall–Kier alpha value is -4.76. The minimum Gasteiger partial charge on any atom is -0.368 e. The first kappa shape index (κ1) is 40.0. The van der Waals surface area contributed by atoms with Crippen LogP contribution in [0.25, 0.3) is 0 Å². The molecule has 0 saturated heterocycles. The number of unbranched alkanes of at least 4 members (excludes halogenated alkanes) is 2. The van der Waals surface area contributed by atoms with E-state index in [1.165, 1.54) is 13.8 Å². The van der Waals surface area contributed by atoms with E-state index >= 15 is 0 Å². The predicted octanol–water partition coefficient (Wildman–Crippen LogP) is 2.74. The molecule has 16 heteroatoms. The minimum absolute atomic E-state index is 0.00785. The Kier molecular flexibility index (Phi) is 13.6. The molecule has 286 valence electrons. The topological polar surface area (TPSA) is 212 Å². The van der Waals surface area contributed by atoms with Crippen LogP contribution in [0.4, 0.5) is 23.5 Å². The van der Waals surface area contributed by atoms with Crippen LogP contribution in [-0.4, -0.2) is 97.2 Å². The molecule has 0 saturated carbocycles. The molecule has 2 aromatic rings. The van der Waals surface area contributed by atoms with Gasteiger partial charge in [0.15, 0.2) is 0 Å². The lowest BCUT2D eigenvalue weighted by Crippen LogP contribution is -2.47. The Morgan fingerprint density at radius 2 is 1.29 bits per heavy atom. The molecule has 52 heavy (non-hydrogen) atoms. The van der Waals surface area contributed by atoms with Crippen LogP contribution in [0.2, 0.25) is 0 Å². The van der Waals surface area contributed by atoms with Gasteiger partial charge in [0, 0.05) is 78.0 Å². The summed E-state index contributed by atoms with van der Waals surface area (Å²) in [7, 11) is 0. The van der Waals surface area contributed by atoms with Crippen molar-refractivity contribution in [2.45, 2.75) is 124 Å². The van der Waals surface area contributed by atoms with Crippen molar-refractivity contribution in [2.75, 3.05) is 54.4 Å². The number of carbonyl (C=O) groups excluding carboxylic acids is 4. The highest BCUT2D eigenvalue weighted by Crippen LogP contribution is 2.31. The Bertz CT molecular complexity index is 1620. The summed E-state index contributed by atoms with van der Waals surface area (Å²) in [4.78, 5) is 70.4. The number of rotatable bonds is 17. The zero-order valence-electron chi connectivity index (χ0n) is 32.0. The summed E-state index contributed by atoms with van der Waals surface area (Å²) in [5, 5.41) is 16.6. The molecule has 2 aliphatic heterocycles. The van der Waals surface area contributed by atoms with Crippen LogP contribution >= 0.6 is 0 Å². The fourth-order valence-corrected chi connectivity index (χ4v) is 6.70. The van der Waals surface area contributed by atoms with Gasteiger partial charge in [0.2, 0.25) is 35.5 Å². The number of aromatic nitrogens is 4. The highest BCUT2D eigenvalue weighted by Gasteiger charge is 2.31. The van der Waals surface area contributed by atoms with Crippen molar-refractivity contribution >= 4 is 47.2 Å². The van der Waals surface area contributed by atoms with Crippen molar-refractivity contribution in [1.82, 2.24) is 40.4 Å². The molecule has 2 atom stereocenters. The Morgan fingerprint density at radius 3 is 1.88 bits per heavy atom. The summed E-state index contributed by atoms with van der Waals surface area (Å²) in [5.41, 5.74) is 8.58. The summed E-state index contributed by atoms with van der Waals surface area (Å²) in [5.74, 6) is 1.72. The fourth-order valence-electron chi connectivity index (χ4n) is 6.70. The first-order valence-corrected chi connectivity index (χ1v) is 18.5. The van der Waals surface area contributed by atoms with Gasteiger partial charge in [-0.2, -0.15) is 9.97 Å². The summed E-state index contributed by atoms with van der Waals surface area (Å²) in [6, 6.07) is 0. The van der Waals surface area contributed by atoms with Gasteiger partial charge in [-0.3, -0.25) is 19.2 Å². The number of fused-ring (bicyclic) bond motifs is 2. The molecular weight excluding hydrogens is 664 g/mol. The van der Waals surface area contributed by atoms with E-state index in [0.29, 0.717) is 82.7 Å². The molecular formula is C36H58N12O4. The number of nitrogens with two attached hydrogens (primary N) is 1. The smallest absolute Gasteiger partial charge is 0.224 e. The molecule has 0 aliphatic carbocycles. The molecule has 0 bridgehead atoms. The summed E-state index contributed by atoms with van der Waals surface area (Å²) in [6.45, 7) is 15.8. The van der Waals surface area contributed by atoms with E-state index < -0.39 is 11.1 Å². The molecule has 4 heterocycles. The number of hydrogen-bond donors (Lipinski definition) is 6. The monoisotopic (exact) mass is 722 g/mol. The maximum Gasteiger partial charge on any atom is 0.224 e. The van der Waals surface area contributed by atoms with E-state index in [0.717, 1.165) is 54.6 Å². The van der Waals surface area contributed by atoms with Crippen molar-refractivity contribution in [2.24, 2.45) is 0 Å². The first-order valence-electron chi connectivity index (χ1n) is 18.5. The lowest BCUT2D eigenvalue weighted by molar-refractivity contribution is -0.130. The van der Waals surface area contributed by atoms with Crippen molar-refractivity contribution in [1.29, 1.82) is 0 Å². The summed E-state index contributed by atoms with van der Waals surface area (Å²) >= 11 is 0. The van der Waals surface area contributed by atoms with E-state index in [9.17, 15) is 19.2 Å². The number of hydrogen-bond acceptors (Lipinski definition) is 12. The van der Waals surface area contributed by atoms with Crippen LogP contribution in [0.3, 0.4) is 0 Å². The SMILES string of the molecule is CCCCC(C)(CNC(C)=O)Nc1nc(NCCCCC(C)(CNC(C)=O)Nc2nc(N)nc3c2CCN(C(C)=O)C3)nc2c1CN(C(C)=O)CC2. The molecule has 2 aromatic heterocycles. The maximum atomic E-state index is 12.3. The average Bonchev–Trinajstić information content (AvgIpc) is 3.08. The second kappa shape index (κ2) is 17.6. The number of nitrogen functional groups attached to an aromatic ring is 1. The van der Waals surface area contributed by atoms with Gasteiger partial charge in [-0.05, 0) is 46.0 Å². The van der Waals surface area contributed by atoms with Gasteiger partial charge in [0.1, 0.15) is 11.6 Å². The second-order valence-electron chi connectivity index (χ2n) is 14.7. The molecule has 0 fully saturated rings. The maximum absolute atomic E-state index is 12.3. The quantitative estimate of drug-likeness (QED) is 0.130. The first-order chi connectivity index (χ1) is 24.6. The normalized spacial score (nSPS) is 16.1. The van der Waals surface area contributed by atoms with Gasteiger partial charge < -0.3 is 42.1 Å². The number of amides is 4. The molecule has 4 rings (SSSR count). The Labute approximate surface area is 307 Å². The van der Waals surface area contributed by atoms with E-state index in [1.54, 1.807) is 23.6 Å². The Morgan fingerprint density at radius 1 is 0.712 bits per heavy atom. The molecule has 16 nitrogen and oxygen atoms in total. The van der Waals surface area contributed by atoms with E-state index in [1.807, 2.05) is 0 Å². The summed E-state index contributed by atoms with van der Waals surface area (Å²) in [6.07, 6.45) is 6.36. The van der Waals surface area contributed by atoms with Crippen LogP contribution in [0.5, 0.6) is 0 Å². The van der Waals surface area contributed by atoms with E-state index in [4.69, 9.17) is 15.7 Å². The van der Waals surface area contributed by atoms with Crippen LogP contribution in [0, 0.1) is 0 Å². The molecule has 0 spiro atoms. The van der Waals surface area contributed by atoms with Gasteiger partial charge >= 0.3 is 0 Å². The number of nitrogens with zero attached hydrogens (tertiary/aromatic N) is 6. The van der Waals surface area contributed by atoms with Crippen molar-refractivity contribution in [3.63, 3.8) is 0 Å². The number of anilines is 4. The van der Waals surface area contributed by atoms with E-state index in [-0.39, 0.29) is 29.6 Å². The molecule has 2 aliphatic rings. The van der Waals surface area contributed by atoms with Gasteiger partial charge in [-0.15, -0.1) is 0 Å². The van der Waals surface area contributed by atoms with Gasteiger partial charge in [0.25, 0.3) is 0 Å². The third-order valence-corrected chi connectivity index (χ3v) is 9.85. The molecule has 0 radical (unpaired) electrons. The average molecular weight is 723 g/mol. The second-order valence-corrected chi connectivity index (χ2v) is 14.7. The third-order valence-electron chi connectivity index (χ3n) is 9.85. The van der Waals surface area contributed by atoms with E-state index in [2.05, 4.69) is 57.3 Å². The van der Waals surface area contributed by atoms with Crippen molar-refractivity contribution in [3.8, 4) is 0 Å². The molecule has 7 N–H and O–H groups in total.